The first-order valence-corrected chi connectivity index (χ1v) is 11.2. The minimum absolute atomic E-state index is 0.106. The molecule has 31 heavy (non-hydrogen) atoms. The van der Waals surface area contributed by atoms with Crippen molar-refractivity contribution >= 4 is 36.4 Å². The van der Waals surface area contributed by atoms with Gasteiger partial charge in [-0.25, -0.2) is 0 Å². The second-order valence-corrected chi connectivity index (χ2v) is 9.14. The molecule has 1 aromatic heterocycles. The molecule has 0 radical (unpaired) electrons. The van der Waals surface area contributed by atoms with Gasteiger partial charge in [0.1, 0.15) is 16.2 Å². The van der Waals surface area contributed by atoms with Crippen molar-refractivity contribution in [3.8, 4) is 11.3 Å². The molecule has 2 aliphatic rings. The third kappa shape index (κ3) is 5.31. The molecule has 1 aromatic carbocycles. The quantitative estimate of drug-likeness (QED) is 0.518. The maximum Gasteiger partial charge on any atom is 0.416 e. The number of benzene rings is 1. The zero-order valence-electron chi connectivity index (χ0n) is 16.5. The predicted molar refractivity (Wildman–Crippen MR) is 116 cm³/mol. The number of thiol groups is 1. The number of furan rings is 1. The smallest absolute Gasteiger partial charge is 0.416 e. The maximum atomic E-state index is 12.8. The second kappa shape index (κ2) is 9.32. The van der Waals surface area contributed by atoms with Crippen molar-refractivity contribution < 1.29 is 27.1 Å². The van der Waals surface area contributed by atoms with Gasteiger partial charge in [0.2, 0.25) is 0 Å². The first kappa shape index (κ1) is 22.3. The van der Waals surface area contributed by atoms with Crippen molar-refractivity contribution in [2.45, 2.75) is 10.9 Å². The van der Waals surface area contributed by atoms with Gasteiger partial charge in [-0.1, -0.05) is 23.9 Å². The van der Waals surface area contributed by atoms with Crippen LogP contribution in [0.4, 0.5) is 13.2 Å². The molecule has 10 heteroatoms. The average molecular weight is 471 g/mol. The number of carbonyl (C=O) groups is 1. The molecule has 2 aromatic rings. The summed E-state index contributed by atoms with van der Waals surface area (Å²) in [6.45, 7) is 4.46. The van der Waals surface area contributed by atoms with Crippen LogP contribution in [0, 0.1) is 0 Å². The fourth-order valence-electron chi connectivity index (χ4n) is 3.39. The molecular weight excluding hydrogens is 449 g/mol. The minimum Gasteiger partial charge on any atom is -0.457 e. The highest BCUT2D eigenvalue weighted by molar-refractivity contribution is 8.14. The van der Waals surface area contributed by atoms with Crippen LogP contribution in [-0.2, 0) is 15.7 Å². The van der Waals surface area contributed by atoms with Gasteiger partial charge in [0, 0.05) is 37.8 Å². The lowest BCUT2D eigenvalue weighted by molar-refractivity contribution is -0.137. The van der Waals surface area contributed by atoms with Crippen molar-refractivity contribution in [3.05, 3.63) is 52.6 Å². The van der Waals surface area contributed by atoms with Gasteiger partial charge >= 0.3 is 6.18 Å². The normalized spacial score (nSPS) is 21.9. The van der Waals surface area contributed by atoms with Crippen LogP contribution < -0.4 is 0 Å². The number of rotatable bonds is 5. The van der Waals surface area contributed by atoms with E-state index in [1.165, 1.54) is 23.9 Å². The number of hydrogen-bond donors (Lipinski definition) is 1. The molecule has 1 atom stereocenters. The van der Waals surface area contributed by atoms with E-state index in [0.717, 1.165) is 31.8 Å². The van der Waals surface area contributed by atoms with Gasteiger partial charge in [-0.05, 0) is 24.3 Å². The standard InChI is InChI=1S/C21H21F3N2O3S2/c22-21(23,24)15-3-1-14(2-4-15)17-6-5-16(29-17)13-18-19(27)26(20(30)31-18)8-7-25-9-11-28-12-10-25/h1-6,13,20,30H,7-12H2/b18-13-. The largest absolute Gasteiger partial charge is 0.457 e. The topological polar surface area (TPSA) is 45.9 Å². The molecule has 3 heterocycles. The first-order chi connectivity index (χ1) is 14.8. The summed E-state index contributed by atoms with van der Waals surface area (Å²) >= 11 is 5.87. The van der Waals surface area contributed by atoms with Crippen LogP contribution in [-0.4, -0.2) is 59.8 Å². The summed E-state index contributed by atoms with van der Waals surface area (Å²) in [5.74, 6) is 0.787. The minimum atomic E-state index is -4.38. The number of morpholine rings is 1. The summed E-state index contributed by atoms with van der Waals surface area (Å²) in [5, 5.41) is 0. The maximum absolute atomic E-state index is 12.8. The predicted octanol–water partition coefficient (Wildman–Crippen LogP) is 4.43. The second-order valence-electron chi connectivity index (χ2n) is 7.18. The van der Waals surface area contributed by atoms with Crippen LogP contribution in [0.15, 0.2) is 45.7 Å². The molecule has 5 nitrogen and oxygen atoms in total. The number of carbonyl (C=O) groups excluding carboxylic acids is 1. The third-order valence-corrected chi connectivity index (χ3v) is 6.74. The lowest BCUT2D eigenvalue weighted by Crippen LogP contribution is -2.42. The van der Waals surface area contributed by atoms with Gasteiger partial charge in [0.25, 0.3) is 5.91 Å². The number of alkyl halides is 3. The van der Waals surface area contributed by atoms with Gasteiger partial charge in [-0.15, -0.1) is 12.6 Å². The number of hydrogen-bond acceptors (Lipinski definition) is 6. The molecule has 0 aliphatic carbocycles. The Hall–Kier alpha value is -1.88. The molecule has 166 valence electrons. The summed E-state index contributed by atoms with van der Waals surface area (Å²) < 4.78 is 49.0. The fraction of sp³-hybridized carbons (Fsp3) is 0.381. The number of nitrogens with zero attached hydrogens (tertiary/aromatic N) is 2. The van der Waals surface area contributed by atoms with E-state index < -0.39 is 11.7 Å². The van der Waals surface area contributed by atoms with Crippen molar-refractivity contribution in [2.75, 3.05) is 39.4 Å². The molecule has 0 N–H and O–H groups in total. The van der Waals surface area contributed by atoms with E-state index in [-0.39, 0.29) is 10.6 Å². The van der Waals surface area contributed by atoms with Crippen molar-refractivity contribution in [1.82, 2.24) is 9.80 Å². The molecule has 0 bridgehead atoms. The summed E-state index contributed by atoms with van der Waals surface area (Å²) in [6, 6.07) is 8.13. The van der Waals surface area contributed by atoms with Gasteiger partial charge in [-0.3, -0.25) is 9.69 Å². The van der Waals surface area contributed by atoms with E-state index in [1.54, 1.807) is 23.1 Å². The van der Waals surface area contributed by atoms with E-state index >= 15 is 0 Å². The highest BCUT2D eigenvalue weighted by Gasteiger charge is 2.34. The van der Waals surface area contributed by atoms with Gasteiger partial charge in [0.15, 0.2) is 0 Å². The van der Waals surface area contributed by atoms with E-state index in [2.05, 4.69) is 17.5 Å². The molecule has 2 saturated heterocycles. The lowest BCUT2D eigenvalue weighted by Gasteiger charge is -2.29. The molecule has 4 rings (SSSR count). The Kier molecular flexibility index (Phi) is 6.71. The van der Waals surface area contributed by atoms with Crippen molar-refractivity contribution in [1.29, 1.82) is 0 Å². The SMILES string of the molecule is O=C1/C(=C/c2ccc(-c3ccc(C(F)(F)F)cc3)o2)SC(S)N1CCN1CCOCC1. The third-order valence-electron chi connectivity index (χ3n) is 5.13. The number of ether oxygens (including phenoxy) is 1. The van der Waals surface area contributed by atoms with Gasteiger partial charge < -0.3 is 14.1 Å². The Morgan fingerprint density at radius 1 is 1.10 bits per heavy atom. The molecule has 2 fully saturated rings. The van der Waals surface area contributed by atoms with Gasteiger partial charge in [0.05, 0.1) is 23.7 Å². The molecule has 0 saturated carbocycles. The Labute approximate surface area is 187 Å². The summed E-state index contributed by atoms with van der Waals surface area (Å²) in [7, 11) is 0. The molecule has 0 spiro atoms. The van der Waals surface area contributed by atoms with E-state index in [9.17, 15) is 18.0 Å². The van der Waals surface area contributed by atoms with Crippen molar-refractivity contribution in [2.24, 2.45) is 0 Å². The van der Waals surface area contributed by atoms with Crippen LogP contribution in [0.3, 0.4) is 0 Å². The van der Waals surface area contributed by atoms with E-state index in [1.807, 2.05) is 0 Å². The summed E-state index contributed by atoms with van der Waals surface area (Å²) in [5.41, 5.74) is -0.183. The van der Waals surface area contributed by atoms with Gasteiger partial charge in [-0.2, -0.15) is 13.2 Å². The first-order valence-electron chi connectivity index (χ1n) is 9.76. The van der Waals surface area contributed by atoms with E-state index in [0.29, 0.717) is 41.7 Å². The van der Waals surface area contributed by atoms with Crippen LogP contribution in [0.2, 0.25) is 0 Å². The van der Waals surface area contributed by atoms with Crippen LogP contribution in [0.25, 0.3) is 17.4 Å². The molecule has 1 unspecified atom stereocenters. The Morgan fingerprint density at radius 2 is 1.81 bits per heavy atom. The highest BCUT2D eigenvalue weighted by Crippen LogP contribution is 2.38. The Balaban J connectivity index is 1.42. The molecular formula is C21H21F3N2O3S2. The Bertz CT molecular complexity index is 954. The zero-order chi connectivity index (χ0) is 22.0. The fourth-order valence-corrected chi connectivity index (χ4v) is 4.91. The molecule has 1 amide bonds. The van der Waals surface area contributed by atoms with Crippen LogP contribution >= 0.6 is 24.4 Å². The van der Waals surface area contributed by atoms with Crippen molar-refractivity contribution in [3.63, 3.8) is 0 Å². The summed E-state index contributed by atoms with van der Waals surface area (Å²) in [6.07, 6.45) is -2.73. The number of thioether (sulfide) groups is 1. The monoisotopic (exact) mass is 470 g/mol. The summed E-state index contributed by atoms with van der Waals surface area (Å²) in [4.78, 5) is 17.3. The van der Waals surface area contributed by atoms with Crippen LogP contribution in [0.5, 0.6) is 0 Å². The lowest BCUT2D eigenvalue weighted by atomic mass is 10.1. The Morgan fingerprint density at radius 3 is 2.48 bits per heavy atom. The number of halogens is 3. The highest BCUT2D eigenvalue weighted by atomic mass is 32.2. The van der Waals surface area contributed by atoms with E-state index in [4.69, 9.17) is 9.15 Å². The van der Waals surface area contributed by atoms with Crippen LogP contribution in [0.1, 0.15) is 11.3 Å². The average Bonchev–Trinajstić information content (AvgIpc) is 3.32. The number of amides is 1. The zero-order valence-corrected chi connectivity index (χ0v) is 18.2. The molecule has 2 aliphatic heterocycles.